The predicted molar refractivity (Wildman–Crippen MR) is 69.4 cm³/mol. The highest BCUT2D eigenvalue weighted by molar-refractivity contribution is 5.76. The Bertz CT molecular complexity index is 313. The first-order chi connectivity index (χ1) is 8.38. The number of urea groups is 1. The Hall–Kier alpha value is -1.26. The molecule has 1 heterocycles. The highest BCUT2D eigenvalue weighted by Crippen LogP contribution is 2.25. The molecular formula is C13H24N2O3. The molecule has 18 heavy (non-hydrogen) atoms. The zero-order valence-corrected chi connectivity index (χ0v) is 11.7. The number of amides is 2. The number of nitrogens with zero attached hydrogens (tertiary/aromatic N) is 2. The van der Waals surface area contributed by atoms with Gasteiger partial charge in [0.05, 0.1) is 5.92 Å². The van der Waals surface area contributed by atoms with Gasteiger partial charge in [-0.1, -0.05) is 20.3 Å². The number of rotatable bonds is 5. The number of carboxylic acids is 1. The first kappa shape index (κ1) is 14.8. The summed E-state index contributed by atoms with van der Waals surface area (Å²) in [6.45, 7) is 6.98. The third-order valence-corrected chi connectivity index (χ3v) is 3.95. The maximum atomic E-state index is 12.1. The average Bonchev–Trinajstić information content (AvgIpc) is 2.25. The molecule has 0 bridgehead atoms. The second kappa shape index (κ2) is 6.07. The normalized spacial score (nSPS) is 19.0. The monoisotopic (exact) mass is 256 g/mol. The van der Waals surface area contributed by atoms with Crippen molar-refractivity contribution in [3.05, 3.63) is 0 Å². The first-order valence-corrected chi connectivity index (χ1v) is 6.63. The molecule has 1 fully saturated rings. The summed E-state index contributed by atoms with van der Waals surface area (Å²) >= 11 is 0. The number of hydrogen-bond acceptors (Lipinski definition) is 2. The number of carbonyl (C=O) groups excluding carboxylic acids is 1. The molecule has 104 valence electrons. The minimum Gasteiger partial charge on any atom is -0.481 e. The van der Waals surface area contributed by atoms with Gasteiger partial charge in [0.25, 0.3) is 0 Å². The molecule has 5 nitrogen and oxygen atoms in total. The minimum absolute atomic E-state index is 0.0183. The van der Waals surface area contributed by atoms with Crippen LogP contribution in [0.1, 0.15) is 33.6 Å². The van der Waals surface area contributed by atoms with Crippen LogP contribution in [0.15, 0.2) is 0 Å². The van der Waals surface area contributed by atoms with Crippen LogP contribution >= 0.6 is 0 Å². The summed E-state index contributed by atoms with van der Waals surface area (Å²) in [4.78, 5) is 26.4. The van der Waals surface area contributed by atoms with E-state index in [1.807, 2.05) is 14.0 Å². The summed E-state index contributed by atoms with van der Waals surface area (Å²) in [5.41, 5.74) is 0. The summed E-state index contributed by atoms with van der Waals surface area (Å²) in [6, 6.07) is 0.253. The highest BCUT2D eigenvalue weighted by Gasteiger charge is 2.38. The molecule has 0 aromatic carbocycles. The lowest BCUT2D eigenvalue weighted by molar-refractivity contribution is -0.144. The number of carbonyl (C=O) groups is 2. The van der Waals surface area contributed by atoms with Crippen LogP contribution in [0.4, 0.5) is 4.79 Å². The van der Waals surface area contributed by atoms with Gasteiger partial charge in [-0.2, -0.15) is 0 Å². The maximum Gasteiger partial charge on any atom is 0.320 e. The van der Waals surface area contributed by atoms with Gasteiger partial charge in [0.2, 0.25) is 0 Å². The molecule has 1 N–H and O–H groups in total. The predicted octanol–water partition coefficient (Wildman–Crippen LogP) is 1.88. The van der Waals surface area contributed by atoms with E-state index in [1.165, 1.54) is 0 Å². The van der Waals surface area contributed by atoms with Crippen LogP contribution in [-0.2, 0) is 4.79 Å². The van der Waals surface area contributed by atoms with Crippen molar-refractivity contribution in [2.75, 3.05) is 20.1 Å². The van der Waals surface area contributed by atoms with Crippen LogP contribution < -0.4 is 0 Å². The Kier molecular flexibility index (Phi) is 4.99. The lowest BCUT2D eigenvalue weighted by Crippen LogP contribution is -2.57. The van der Waals surface area contributed by atoms with Crippen LogP contribution in [0.5, 0.6) is 0 Å². The molecule has 0 aliphatic carbocycles. The van der Waals surface area contributed by atoms with Crippen LogP contribution in [-0.4, -0.2) is 53.1 Å². The van der Waals surface area contributed by atoms with E-state index in [1.54, 1.807) is 16.7 Å². The number of aliphatic carboxylic acids is 1. The smallest absolute Gasteiger partial charge is 0.320 e. The lowest BCUT2D eigenvalue weighted by atomic mass is 9.87. The molecule has 0 aromatic heterocycles. The van der Waals surface area contributed by atoms with Crippen molar-refractivity contribution in [3.8, 4) is 0 Å². The van der Waals surface area contributed by atoms with Gasteiger partial charge in [0.1, 0.15) is 0 Å². The van der Waals surface area contributed by atoms with E-state index in [2.05, 4.69) is 6.92 Å². The summed E-state index contributed by atoms with van der Waals surface area (Å²) in [5, 5.41) is 8.90. The third-order valence-electron chi connectivity index (χ3n) is 3.95. The summed E-state index contributed by atoms with van der Waals surface area (Å²) in [6.07, 6.45) is 2.04. The molecule has 2 amide bonds. The van der Waals surface area contributed by atoms with Crippen molar-refractivity contribution in [1.29, 1.82) is 0 Å². The van der Waals surface area contributed by atoms with Crippen LogP contribution in [0, 0.1) is 11.8 Å². The molecule has 0 aromatic rings. The Morgan fingerprint density at radius 2 is 1.94 bits per heavy atom. The Balaban J connectivity index is 2.41. The van der Waals surface area contributed by atoms with Crippen molar-refractivity contribution in [2.24, 2.45) is 11.8 Å². The molecule has 1 aliphatic rings. The van der Waals surface area contributed by atoms with E-state index < -0.39 is 5.97 Å². The van der Waals surface area contributed by atoms with Crippen molar-refractivity contribution in [1.82, 2.24) is 9.80 Å². The fraction of sp³-hybridized carbons (Fsp3) is 0.846. The molecule has 0 radical (unpaired) electrons. The second-order valence-electron chi connectivity index (χ2n) is 5.32. The summed E-state index contributed by atoms with van der Waals surface area (Å²) < 4.78 is 0. The fourth-order valence-corrected chi connectivity index (χ4v) is 2.21. The standard InChI is InChI=1S/C13H24N2O3/c1-5-6-9(2)14(4)13(18)15-7-11(8-15)10(3)12(16)17/h9-11H,5-8H2,1-4H3,(H,16,17). The van der Waals surface area contributed by atoms with Crippen molar-refractivity contribution < 1.29 is 14.7 Å². The molecular weight excluding hydrogens is 232 g/mol. The number of carboxylic acid groups (broad SMARTS) is 1. The van der Waals surface area contributed by atoms with E-state index in [0.29, 0.717) is 13.1 Å². The van der Waals surface area contributed by atoms with E-state index in [0.717, 1.165) is 12.8 Å². The van der Waals surface area contributed by atoms with Crippen LogP contribution in [0.3, 0.4) is 0 Å². The molecule has 1 saturated heterocycles. The molecule has 0 spiro atoms. The lowest BCUT2D eigenvalue weighted by Gasteiger charge is -2.43. The molecule has 1 aliphatic heterocycles. The van der Waals surface area contributed by atoms with E-state index in [-0.39, 0.29) is 23.9 Å². The topological polar surface area (TPSA) is 60.9 Å². The van der Waals surface area contributed by atoms with Crippen molar-refractivity contribution in [3.63, 3.8) is 0 Å². The number of likely N-dealkylation sites (tertiary alicyclic amines) is 1. The van der Waals surface area contributed by atoms with Gasteiger partial charge in [-0.3, -0.25) is 4.79 Å². The van der Waals surface area contributed by atoms with Crippen molar-refractivity contribution in [2.45, 2.75) is 39.7 Å². The summed E-state index contributed by atoms with van der Waals surface area (Å²) in [7, 11) is 1.82. The summed E-state index contributed by atoms with van der Waals surface area (Å²) in [5.74, 6) is -1.05. The highest BCUT2D eigenvalue weighted by atomic mass is 16.4. The van der Waals surface area contributed by atoms with Crippen LogP contribution in [0.25, 0.3) is 0 Å². The third kappa shape index (κ3) is 3.15. The van der Waals surface area contributed by atoms with E-state index in [4.69, 9.17) is 5.11 Å². The van der Waals surface area contributed by atoms with Gasteiger partial charge in [0, 0.05) is 32.1 Å². The second-order valence-corrected chi connectivity index (χ2v) is 5.32. The molecule has 2 atom stereocenters. The zero-order chi connectivity index (χ0) is 13.9. The maximum absolute atomic E-state index is 12.1. The molecule has 5 heteroatoms. The Morgan fingerprint density at radius 3 is 2.39 bits per heavy atom. The van der Waals surface area contributed by atoms with Gasteiger partial charge < -0.3 is 14.9 Å². The fourth-order valence-electron chi connectivity index (χ4n) is 2.21. The van der Waals surface area contributed by atoms with E-state index >= 15 is 0 Å². The van der Waals surface area contributed by atoms with E-state index in [9.17, 15) is 9.59 Å². The quantitative estimate of drug-likeness (QED) is 0.817. The van der Waals surface area contributed by atoms with Crippen LogP contribution in [0.2, 0.25) is 0 Å². The largest absolute Gasteiger partial charge is 0.481 e. The SMILES string of the molecule is CCCC(C)N(C)C(=O)N1CC(C(C)C(=O)O)C1. The average molecular weight is 256 g/mol. The Morgan fingerprint density at radius 1 is 1.39 bits per heavy atom. The van der Waals surface area contributed by atoms with Gasteiger partial charge in [-0.15, -0.1) is 0 Å². The molecule has 0 saturated carbocycles. The number of hydrogen-bond donors (Lipinski definition) is 1. The Labute approximate surface area is 109 Å². The van der Waals surface area contributed by atoms with Gasteiger partial charge in [0.15, 0.2) is 0 Å². The minimum atomic E-state index is -0.778. The molecule has 2 unspecified atom stereocenters. The van der Waals surface area contributed by atoms with Gasteiger partial charge in [-0.05, 0) is 13.3 Å². The van der Waals surface area contributed by atoms with Gasteiger partial charge >= 0.3 is 12.0 Å². The molecule has 1 rings (SSSR count). The van der Waals surface area contributed by atoms with Gasteiger partial charge in [-0.25, -0.2) is 4.79 Å². The zero-order valence-electron chi connectivity index (χ0n) is 11.7. The first-order valence-electron chi connectivity index (χ1n) is 6.63. The van der Waals surface area contributed by atoms with Crippen molar-refractivity contribution >= 4 is 12.0 Å².